The van der Waals surface area contributed by atoms with Crippen molar-refractivity contribution in [3.8, 4) is 0 Å². The smallest absolute Gasteiger partial charge is 0.164 e. The van der Waals surface area contributed by atoms with Crippen LogP contribution in [-0.2, 0) is 14.2 Å². The lowest BCUT2D eigenvalue weighted by Crippen LogP contribution is -2.40. The number of hydrogen-bond acceptors (Lipinski definition) is 5. The van der Waals surface area contributed by atoms with Gasteiger partial charge in [-0.1, -0.05) is 0 Å². The Morgan fingerprint density at radius 1 is 1.27 bits per heavy atom. The Bertz CT molecular complexity index is 242. The van der Waals surface area contributed by atoms with E-state index in [9.17, 15) is 5.11 Å². The van der Waals surface area contributed by atoms with Crippen molar-refractivity contribution in [2.45, 2.75) is 57.1 Å². The normalized spacial score (nSPS) is 45.4. The minimum Gasteiger partial charge on any atom is -0.394 e. The summed E-state index contributed by atoms with van der Waals surface area (Å²) in [5.74, 6) is -0.638. The van der Waals surface area contributed by atoms with Gasteiger partial charge < -0.3 is 24.4 Å². The lowest BCUT2D eigenvalue weighted by Gasteiger charge is -2.24. The van der Waals surface area contributed by atoms with Gasteiger partial charge in [-0.25, -0.2) is 0 Å². The summed E-state index contributed by atoms with van der Waals surface area (Å²) in [4.78, 5) is 0. The topological polar surface area (TPSA) is 68.2 Å². The van der Waals surface area contributed by atoms with Crippen LogP contribution in [0.25, 0.3) is 0 Å². The molecule has 0 aliphatic carbocycles. The van der Waals surface area contributed by atoms with E-state index in [1.54, 1.807) is 0 Å². The molecule has 0 spiro atoms. The molecule has 2 N–H and O–H groups in total. The van der Waals surface area contributed by atoms with Gasteiger partial charge in [0.2, 0.25) is 0 Å². The summed E-state index contributed by atoms with van der Waals surface area (Å²) in [5, 5.41) is 18.5. The molecule has 2 rings (SSSR count). The Morgan fingerprint density at radius 2 is 1.87 bits per heavy atom. The van der Waals surface area contributed by atoms with Crippen LogP contribution in [0, 0.1) is 0 Å². The highest BCUT2D eigenvalue weighted by Crippen LogP contribution is 2.39. The Kier molecular flexibility index (Phi) is 2.77. The molecular weight excluding hydrogens is 200 g/mol. The number of fused-ring (bicyclic) bond motifs is 1. The molecule has 2 heterocycles. The van der Waals surface area contributed by atoms with Crippen LogP contribution in [0.5, 0.6) is 0 Å². The van der Waals surface area contributed by atoms with Gasteiger partial charge in [-0.05, 0) is 20.8 Å². The summed E-state index contributed by atoms with van der Waals surface area (Å²) in [6, 6.07) is 0. The first kappa shape index (κ1) is 11.3. The van der Waals surface area contributed by atoms with Crippen LogP contribution in [-0.4, -0.2) is 53.1 Å². The monoisotopic (exact) mass is 218 g/mol. The van der Waals surface area contributed by atoms with Crippen LogP contribution in [0.1, 0.15) is 20.8 Å². The molecule has 0 aromatic heterocycles. The van der Waals surface area contributed by atoms with E-state index in [1.165, 1.54) is 0 Å². The maximum absolute atomic E-state index is 9.58. The van der Waals surface area contributed by atoms with E-state index < -0.39 is 18.0 Å². The Labute approximate surface area is 88.9 Å². The highest BCUT2D eigenvalue weighted by molar-refractivity contribution is 4.98. The van der Waals surface area contributed by atoms with Gasteiger partial charge >= 0.3 is 0 Å². The Balaban J connectivity index is 2.12. The summed E-state index contributed by atoms with van der Waals surface area (Å²) in [7, 11) is 0. The molecule has 0 aromatic carbocycles. The average molecular weight is 218 g/mol. The van der Waals surface area contributed by atoms with Gasteiger partial charge in [-0.3, -0.25) is 0 Å². The van der Waals surface area contributed by atoms with Crippen LogP contribution in [0.3, 0.4) is 0 Å². The lowest BCUT2D eigenvalue weighted by molar-refractivity contribution is -0.197. The fraction of sp³-hybridized carbons (Fsp3) is 1.00. The average Bonchev–Trinajstić information content (AvgIpc) is 2.61. The molecule has 0 saturated carbocycles. The number of hydrogen-bond donors (Lipinski definition) is 2. The van der Waals surface area contributed by atoms with Crippen molar-refractivity contribution in [2.75, 3.05) is 6.61 Å². The van der Waals surface area contributed by atoms with Crippen LogP contribution >= 0.6 is 0 Å². The van der Waals surface area contributed by atoms with E-state index in [4.69, 9.17) is 19.3 Å². The summed E-state index contributed by atoms with van der Waals surface area (Å²) >= 11 is 0. The molecule has 0 radical (unpaired) electrons. The molecule has 0 unspecified atom stereocenters. The van der Waals surface area contributed by atoms with Crippen molar-refractivity contribution in [3.63, 3.8) is 0 Å². The van der Waals surface area contributed by atoms with Crippen LogP contribution in [0.2, 0.25) is 0 Å². The van der Waals surface area contributed by atoms with Gasteiger partial charge in [0, 0.05) is 0 Å². The predicted molar refractivity (Wildman–Crippen MR) is 51.3 cm³/mol. The molecule has 5 nitrogen and oxygen atoms in total. The molecule has 5 heteroatoms. The van der Waals surface area contributed by atoms with Gasteiger partial charge in [0.1, 0.15) is 24.4 Å². The van der Waals surface area contributed by atoms with Crippen LogP contribution in [0.4, 0.5) is 0 Å². The molecule has 0 aromatic rings. The second-order valence-corrected chi connectivity index (χ2v) is 4.62. The number of aliphatic hydroxyl groups excluding tert-OH is 2. The highest BCUT2D eigenvalue weighted by atomic mass is 16.8. The second kappa shape index (κ2) is 3.68. The van der Waals surface area contributed by atoms with Crippen molar-refractivity contribution in [1.82, 2.24) is 0 Å². The minimum atomic E-state index is -0.917. The first-order valence-electron chi connectivity index (χ1n) is 5.24. The van der Waals surface area contributed by atoms with Gasteiger partial charge in [0.15, 0.2) is 5.79 Å². The van der Waals surface area contributed by atoms with E-state index in [0.29, 0.717) is 0 Å². The van der Waals surface area contributed by atoms with E-state index >= 15 is 0 Å². The van der Waals surface area contributed by atoms with Crippen molar-refractivity contribution in [1.29, 1.82) is 0 Å². The highest BCUT2D eigenvalue weighted by Gasteiger charge is 2.55. The minimum absolute atomic E-state index is 0.122. The zero-order valence-corrected chi connectivity index (χ0v) is 9.21. The molecule has 5 atom stereocenters. The third-order valence-corrected chi connectivity index (χ3v) is 2.89. The number of aliphatic hydroxyl groups is 2. The number of ether oxygens (including phenoxy) is 3. The summed E-state index contributed by atoms with van der Waals surface area (Å²) in [6.45, 7) is 5.22. The summed E-state index contributed by atoms with van der Waals surface area (Å²) < 4.78 is 16.8. The van der Waals surface area contributed by atoms with E-state index in [0.717, 1.165) is 0 Å². The van der Waals surface area contributed by atoms with Gasteiger partial charge in [-0.15, -0.1) is 0 Å². The first-order valence-corrected chi connectivity index (χ1v) is 5.24. The molecule has 0 bridgehead atoms. The molecule has 0 amide bonds. The largest absolute Gasteiger partial charge is 0.394 e. The van der Waals surface area contributed by atoms with Crippen molar-refractivity contribution in [2.24, 2.45) is 0 Å². The zero-order valence-electron chi connectivity index (χ0n) is 9.21. The van der Waals surface area contributed by atoms with Gasteiger partial charge in [0.25, 0.3) is 0 Å². The van der Waals surface area contributed by atoms with E-state index in [1.807, 2.05) is 20.8 Å². The number of rotatable bonds is 2. The van der Waals surface area contributed by atoms with Gasteiger partial charge in [-0.2, -0.15) is 0 Å². The standard InChI is InChI=1S/C10H18O5/c1-5-7-9(15-10(2,3)14-7)8(13-5)6(12)4-11/h5-9,11-12H,4H2,1-3H3/t5-,6-,7-,8+,9-/m0/s1. The zero-order chi connectivity index (χ0) is 11.2. The maximum Gasteiger partial charge on any atom is 0.164 e. The van der Waals surface area contributed by atoms with E-state index in [-0.39, 0.29) is 24.9 Å². The van der Waals surface area contributed by atoms with Gasteiger partial charge in [0.05, 0.1) is 12.7 Å². The molecular formula is C10H18O5. The maximum atomic E-state index is 9.58. The first-order chi connectivity index (χ1) is 6.94. The van der Waals surface area contributed by atoms with Crippen LogP contribution in [0.15, 0.2) is 0 Å². The lowest BCUT2D eigenvalue weighted by atomic mass is 10.1. The Morgan fingerprint density at radius 3 is 2.47 bits per heavy atom. The molecule has 2 aliphatic heterocycles. The molecule has 15 heavy (non-hydrogen) atoms. The summed E-state index contributed by atoms with van der Waals surface area (Å²) in [5.41, 5.74) is 0. The predicted octanol–water partition coefficient (Wildman–Crippen LogP) is -0.353. The molecule has 88 valence electrons. The summed E-state index contributed by atoms with van der Waals surface area (Å²) in [6.07, 6.45) is -2.00. The quantitative estimate of drug-likeness (QED) is 0.663. The van der Waals surface area contributed by atoms with Crippen molar-refractivity contribution in [3.05, 3.63) is 0 Å². The van der Waals surface area contributed by atoms with Crippen molar-refractivity contribution >= 4 is 0 Å². The van der Waals surface area contributed by atoms with Crippen LogP contribution < -0.4 is 0 Å². The van der Waals surface area contributed by atoms with E-state index in [2.05, 4.69) is 0 Å². The second-order valence-electron chi connectivity index (χ2n) is 4.62. The molecule has 2 saturated heterocycles. The fourth-order valence-electron chi connectivity index (χ4n) is 2.25. The Hall–Kier alpha value is -0.200. The van der Waals surface area contributed by atoms with Crippen molar-refractivity contribution < 1.29 is 24.4 Å². The fourth-order valence-corrected chi connectivity index (χ4v) is 2.25. The third kappa shape index (κ3) is 1.90. The molecule has 2 fully saturated rings. The SMILES string of the molecule is C[C@@H]1O[C@H]([C@@H](O)CO)[C@H]2OC(C)(C)O[C@H]21. The molecule has 2 aliphatic rings. The third-order valence-electron chi connectivity index (χ3n) is 2.89.